The lowest BCUT2D eigenvalue weighted by atomic mass is 9.93. The summed E-state index contributed by atoms with van der Waals surface area (Å²) < 4.78 is 5.36. The van der Waals surface area contributed by atoms with E-state index in [1.54, 1.807) is 0 Å². The molecule has 1 N–H and O–H groups in total. The highest BCUT2D eigenvalue weighted by molar-refractivity contribution is 6.21. The molecule has 1 heterocycles. The van der Waals surface area contributed by atoms with Gasteiger partial charge in [0, 0.05) is 24.6 Å². The summed E-state index contributed by atoms with van der Waals surface area (Å²) in [7, 11) is 0. The van der Waals surface area contributed by atoms with Crippen LogP contribution in [-0.2, 0) is 4.74 Å². The molecule has 2 fully saturated rings. The van der Waals surface area contributed by atoms with E-state index in [1.807, 2.05) is 0 Å². The van der Waals surface area contributed by atoms with Gasteiger partial charge in [0.1, 0.15) is 0 Å². The van der Waals surface area contributed by atoms with Crippen LogP contribution in [-0.4, -0.2) is 31.2 Å². The number of ether oxygens (including phenoxy) is 1. The smallest absolute Gasteiger partial charge is 0.0489 e. The molecule has 0 spiro atoms. The number of rotatable bonds is 3. The minimum absolute atomic E-state index is 0.360. The van der Waals surface area contributed by atoms with Gasteiger partial charge in [-0.05, 0) is 38.1 Å². The van der Waals surface area contributed by atoms with Crippen LogP contribution in [0.2, 0.25) is 0 Å². The van der Waals surface area contributed by atoms with Crippen molar-refractivity contribution in [3.8, 4) is 0 Å². The van der Waals surface area contributed by atoms with Gasteiger partial charge in [0.05, 0.1) is 0 Å². The number of hydrogen-bond acceptors (Lipinski definition) is 2. The fourth-order valence-corrected chi connectivity index (χ4v) is 2.95. The summed E-state index contributed by atoms with van der Waals surface area (Å²) >= 11 is 6.31. The first-order valence-corrected chi connectivity index (χ1v) is 6.75. The largest absolute Gasteiger partial charge is 0.381 e. The Morgan fingerprint density at radius 3 is 2.53 bits per heavy atom. The monoisotopic (exact) mass is 231 g/mol. The maximum Gasteiger partial charge on any atom is 0.0489 e. The highest BCUT2D eigenvalue weighted by atomic mass is 35.5. The molecule has 2 nitrogen and oxygen atoms in total. The molecule has 2 unspecified atom stereocenters. The van der Waals surface area contributed by atoms with E-state index < -0.39 is 0 Å². The maximum absolute atomic E-state index is 6.31. The number of halogens is 1. The van der Waals surface area contributed by atoms with Crippen molar-refractivity contribution in [1.82, 2.24) is 5.32 Å². The van der Waals surface area contributed by atoms with Gasteiger partial charge in [-0.3, -0.25) is 0 Å². The fraction of sp³-hybridized carbons (Fsp3) is 1.00. The van der Waals surface area contributed by atoms with E-state index in [2.05, 4.69) is 5.32 Å². The van der Waals surface area contributed by atoms with Gasteiger partial charge in [0.15, 0.2) is 0 Å². The molecule has 1 saturated heterocycles. The van der Waals surface area contributed by atoms with E-state index in [9.17, 15) is 0 Å². The molecule has 2 atom stereocenters. The fourth-order valence-electron chi connectivity index (χ4n) is 2.58. The SMILES string of the molecule is ClC1CCCCC1NCC1CCOCC1. The Labute approximate surface area is 97.7 Å². The van der Waals surface area contributed by atoms with Gasteiger partial charge in [0.25, 0.3) is 0 Å². The van der Waals surface area contributed by atoms with Crippen molar-refractivity contribution in [1.29, 1.82) is 0 Å². The molecular weight excluding hydrogens is 210 g/mol. The number of alkyl halides is 1. The third-order valence-corrected chi connectivity index (χ3v) is 4.21. The molecule has 1 aliphatic carbocycles. The van der Waals surface area contributed by atoms with Crippen LogP contribution in [0.15, 0.2) is 0 Å². The minimum Gasteiger partial charge on any atom is -0.381 e. The van der Waals surface area contributed by atoms with E-state index in [4.69, 9.17) is 16.3 Å². The van der Waals surface area contributed by atoms with Crippen molar-refractivity contribution in [3.63, 3.8) is 0 Å². The molecular formula is C12H22ClNO. The minimum atomic E-state index is 0.360. The average Bonchev–Trinajstić information content (AvgIpc) is 2.29. The van der Waals surface area contributed by atoms with Crippen LogP contribution in [0.25, 0.3) is 0 Å². The summed E-state index contributed by atoms with van der Waals surface area (Å²) in [6.45, 7) is 3.03. The van der Waals surface area contributed by atoms with Crippen molar-refractivity contribution >= 4 is 11.6 Å². The quantitative estimate of drug-likeness (QED) is 0.754. The van der Waals surface area contributed by atoms with Crippen molar-refractivity contribution in [2.24, 2.45) is 5.92 Å². The lowest BCUT2D eigenvalue weighted by Gasteiger charge is -2.30. The van der Waals surface area contributed by atoms with Crippen LogP contribution in [0, 0.1) is 5.92 Å². The second-order valence-electron chi connectivity index (χ2n) is 4.87. The van der Waals surface area contributed by atoms with Crippen LogP contribution < -0.4 is 5.32 Å². The number of hydrogen-bond donors (Lipinski definition) is 1. The second kappa shape index (κ2) is 6.07. The van der Waals surface area contributed by atoms with E-state index >= 15 is 0 Å². The standard InChI is InChI=1S/C12H22ClNO/c13-11-3-1-2-4-12(11)14-9-10-5-7-15-8-6-10/h10-12,14H,1-9H2. The Hall–Kier alpha value is 0.210. The number of nitrogens with one attached hydrogen (secondary N) is 1. The third-order valence-electron chi connectivity index (χ3n) is 3.69. The van der Waals surface area contributed by atoms with Crippen molar-refractivity contribution in [2.75, 3.05) is 19.8 Å². The molecule has 3 heteroatoms. The molecule has 15 heavy (non-hydrogen) atoms. The zero-order valence-electron chi connectivity index (χ0n) is 9.38. The Bertz CT molecular complexity index is 182. The lowest BCUT2D eigenvalue weighted by Crippen LogP contribution is -2.42. The first-order valence-electron chi connectivity index (χ1n) is 6.31. The molecule has 0 aromatic rings. The van der Waals surface area contributed by atoms with Gasteiger partial charge in [-0.15, -0.1) is 11.6 Å². The Morgan fingerprint density at radius 1 is 1.07 bits per heavy atom. The lowest BCUT2D eigenvalue weighted by molar-refractivity contribution is 0.0650. The first kappa shape index (κ1) is 11.7. The van der Waals surface area contributed by atoms with E-state index in [1.165, 1.54) is 38.5 Å². The highest BCUT2D eigenvalue weighted by Crippen LogP contribution is 2.23. The molecule has 88 valence electrons. The average molecular weight is 232 g/mol. The van der Waals surface area contributed by atoms with Crippen LogP contribution in [0.3, 0.4) is 0 Å². The van der Waals surface area contributed by atoms with E-state index in [0.717, 1.165) is 25.7 Å². The first-order chi connectivity index (χ1) is 7.36. The summed E-state index contributed by atoms with van der Waals surface area (Å²) in [4.78, 5) is 0. The normalized spacial score (nSPS) is 34.2. The zero-order valence-corrected chi connectivity index (χ0v) is 10.1. The molecule has 0 aromatic heterocycles. The molecule has 0 radical (unpaired) electrons. The predicted molar refractivity (Wildman–Crippen MR) is 63.4 cm³/mol. The highest BCUT2D eigenvalue weighted by Gasteiger charge is 2.23. The Kier molecular flexibility index (Phi) is 4.73. The summed E-state index contributed by atoms with van der Waals surface area (Å²) in [6.07, 6.45) is 7.53. The van der Waals surface area contributed by atoms with E-state index in [0.29, 0.717) is 11.4 Å². The van der Waals surface area contributed by atoms with Gasteiger partial charge in [-0.2, -0.15) is 0 Å². The van der Waals surface area contributed by atoms with Crippen LogP contribution in [0.4, 0.5) is 0 Å². The molecule has 2 rings (SSSR count). The summed E-state index contributed by atoms with van der Waals surface area (Å²) in [6, 6.07) is 0.559. The molecule has 1 aliphatic heterocycles. The summed E-state index contributed by atoms with van der Waals surface area (Å²) in [5.41, 5.74) is 0. The maximum atomic E-state index is 6.31. The summed E-state index contributed by atoms with van der Waals surface area (Å²) in [5, 5.41) is 4.01. The van der Waals surface area contributed by atoms with Gasteiger partial charge in [-0.25, -0.2) is 0 Å². The van der Waals surface area contributed by atoms with Crippen LogP contribution >= 0.6 is 11.6 Å². The molecule has 2 aliphatic rings. The summed E-state index contributed by atoms with van der Waals surface area (Å²) in [5.74, 6) is 0.810. The van der Waals surface area contributed by atoms with Crippen molar-refractivity contribution in [2.45, 2.75) is 49.9 Å². The zero-order chi connectivity index (χ0) is 10.5. The molecule has 1 saturated carbocycles. The van der Waals surface area contributed by atoms with E-state index in [-0.39, 0.29) is 0 Å². The van der Waals surface area contributed by atoms with Gasteiger partial charge in [-0.1, -0.05) is 12.8 Å². The topological polar surface area (TPSA) is 21.3 Å². The van der Waals surface area contributed by atoms with Gasteiger partial charge < -0.3 is 10.1 Å². The van der Waals surface area contributed by atoms with Crippen molar-refractivity contribution in [3.05, 3.63) is 0 Å². The van der Waals surface area contributed by atoms with Crippen LogP contribution in [0.5, 0.6) is 0 Å². The Morgan fingerprint density at radius 2 is 1.80 bits per heavy atom. The molecule has 0 aromatic carbocycles. The van der Waals surface area contributed by atoms with Gasteiger partial charge >= 0.3 is 0 Å². The van der Waals surface area contributed by atoms with Crippen molar-refractivity contribution < 1.29 is 4.74 Å². The van der Waals surface area contributed by atoms with Gasteiger partial charge in [0.2, 0.25) is 0 Å². The second-order valence-corrected chi connectivity index (χ2v) is 5.43. The molecule has 0 bridgehead atoms. The Balaban J connectivity index is 1.67. The molecule has 0 amide bonds. The third kappa shape index (κ3) is 3.61. The predicted octanol–water partition coefficient (Wildman–Crippen LogP) is 2.55. The van der Waals surface area contributed by atoms with Crippen LogP contribution in [0.1, 0.15) is 38.5 Å².